The van der Waals surface area contributed by atoms with E-state index in [1.54, 1.807) is 0 Å². The maximum absolute atomic E-state index is 11.3. The van der Waals surface area contributed by atoms with Gasteiger partial charge in [-0.2, -0.15) is 0 Å². The molecule has 3 nitrogen and oxygen atoms in total. The van der Waals surface area contributed by atoms with Gasteiger partial charge in [-0.1, -0.05) is 30.3 Å². The van der Waals surface area contributed by atoms with Crippen molar-refractivity contribution in [2.45, 2.75) is 6.04 Å². The van der Waals surface area contributed by atoms with Gasteiger partial charge in [0.1, 0.15) is 12.3 Å². The van der Waals surface area contributed by atoms with Crippen LogP contribution in [0.15, 0.2) is 48.5 Å². The second-order valence-electron chi connectivity index (χ2n) is 5.39. The first-order valence-corrected chi connectivity index (χ1v) is 6.99. The zero-order valence-electron chi connectivity index (χ0n) is 12.2. The van der Waals surface area contributed by atoms with Crippen LogP contribution in [0, 0.1) is 0 Å². The van der Waals surface area contributed by atoms with E-state index in [0.29, 0.717) is 0 Å². The number of hydrogen-bond donors (Lipinski definition) is 1. The number of fused-ring (bicyclic) bond motifs is 1. The number of carbonyl (C=O) groups is 1. The zero-order valence-corrected chi connectivity index (χ0v) is 12.2. The highest BCUT2D eigenvalue weighted by molar-refractivity contribution is 6.02. The van der Waals surface area contributed by atoms with Crippen LogP contribution in [0.5, 0.6) is 0 Å². The number of anilines is 2. The Labute approximate surface area is 124 Å². The van der Waals surface area contributed by atoms with Crippen LogP contribution in [0.25, 0.3) is 11.6 Å². The molecule has 1 atom stereocenters. The molecule has 0 saturated carbocycles. The largest absolute Gasteiger partial charge is 0.378 e. The molecule has 1 heterocycles. The predicted molar refractivity (Wildman–Crippen MR) is 88.6 cm³/mol. The maximum atomic E-state index is 11.3. The smallest absolute Gasteiger partial charge is 0.146 e. The summed E-state index contributed by atoms with van der Waals surface area (Å²) in [6, 6.07) is 16.1. The lowest BCUT2D eigenvalue weighted by Gasteiger charge is -2.12. The molecule has 1 aliphatic heterocycles. The van der Waals surface area contributed by atoms with E-state index < -0.39 is 0 Å². The summed E-state index contributed by atoms with van der Waals surface area (Å²) in [5.74, 6) is 0. The van der Waals surface area contributed by atoms with Crippen molar-refractivity contribution in [3.8, 4) is 0 Å². The summed E-state index contributed by atoms with van der Waals surface area (Å²) in [5.41, 5.74) is 5.41. The van der Waals surface area contributed by atoms with Crippen molar-refractivity contribution in [1.82, 2.24) is 0 Å². The highest BCUT2D eigenvalue weighted by Crippen LogP contribution is 2.35. The lowest BCUT2D eigenvalue weighted by Crippen LogP contribution is -2.15. The van der Waals surface area contributed by atoms with Crippen molar-refractivity contribution in [2.75, 3.05) is 24.3 Å². The SMILES string of the molecule is CN(C)c1ccc(C=C2c3ccccc3NC2C=O)cc1. The molecule has 0 aromatic heterocycles. The topological polar surface area (TPSA) is 32.3 Å². The number of nitrogens with zero attached hydrogens (tertiary/aromatic N) is 1. The average molecular weight is 278 g/mol. The number of hydrogen-bond acceptors (Lipinski definition) is 3. The van der Waals surface area contributed by atoms with Crippen LogP contribution in [-0.4, -0.2) is 26.4 Å². The summed E-state index contributed by atoms with van der Waals surface area (Å²) in [6.45, 7) is 0. The van der Waals surface area contributed by atoms with Gasteiger partial charge in [0.2, 0.25) is 0 Å². The Morgan fingerprint density at radius 2 is 1.76 bits per heavy atom. The fourth-order valence-corrected chi connectivity index (χ4v) is 2.60. The van der Waals surface area contributed by atoms with Crippen molar-refractivity contribution in [3.63, 3.8) is 0 Å². The fourth-order valence-electron chi connectivity index (χ4n) is 2.60. The standard InChI is InChI=1S/C18H18N2O/c1-20(2)14-9-7-13(8-10-14)11-16-15-5-3-4-6-17(15)19-18(16)12-21/h3-12,18-19H,1-2H3. The third kappa shape index (κ3) is 2.55. The second-order valence-corrected chi connectivity index (χ2v) is 5.39. The molecule has 3 heteroatoms. The minimum Gasteiger partial charge on any atom is -0.378 e. The summed E-state index contributed by atoms with van der Waals surface area (Å²) in [5, 5.41) is 3.24. The quantitative estimate of drug-likeness (QED) is 0.874. The molecule has 2 aromatic carbocycles. The maximum Gasteiger partial charge on any atom is 0.146 e. The highest BCUT2D eigenvalue weighted by Gasteiger charge is 2.24. The lowest BCUT2D eigenvalue weighted by molar-refractivity contribution is -0.107. The van der Waals surface area contributed by atoms with Crippen molar-refractivity contribution >= 4 is 29.3 Å². The lowest BCUT2D eigenvalue weighted by atomic mass is 10.00. The molecule has 2 aromatic rings. The first kappa shape index (κ1) is 13.4. The van der Waals surface area contributed by atoms with E-state index in [0.717, 1.165) is 34.4 Å². The van der Waals surface area contributed by atoms with Gasteiger partial charge in [0, 0.05) is 31.0 Å². The zero-order chi connectivity index (χ0) is 14.8. The molecular formula is C18H18N2O. The predicted octanol–water partition coefficient (Wildman–Crippen LogP) is 3.29. The Morgan fingerprint density at radius 3 is 2.43 bits per heavy atom. The van der Waals surface area contributed by atoms with E-state index in [4.69, 9.17) is 0 Å². The van der Waals surface area contributed by atoms with Gasteiger partial charge in [-0.15, -0.1) is 0 Å². The van der Waals surface area contributed by atoms with Crippen LogP contribution < -0.4 is 10.2 Å². The number of rotatable bonds is 3. The van der Waals surface area contributed by atoms with Crippen LogP contribution in [0.4, 0.5) is 11.4 Å². The third-order valence-corrected chi connectivity index (χ3v) is 3.75. The number of para-hydroxylation sites is 1. The van der Waals surface area contributed by atoms with E-state index in [-0.39, 0.29) is 6.04 Å². The molecule has 0 radical (unpaired) electrons. The molecule has 0 amide bonds. The number of carbonyl (C=O) groups excluding carboxylic acids is 1. The van der Waals surface area contributed by atoms with Crippen molar-refractivity contribution < 1.29 is 4.79 Å². The molecule has 0 bridgehead atoms. The van der Waals surface area contributed by atoms with Gasteiger partial charge < -0.3 is 15.0 Å². The van der Waals surface area contributed by atoms with Crippen molar-refractivity contribution in [2.24, 2.45) is 0 Å². The average Bonchev–Trinajstić information content (AvgIpc) is 2.86. The molecule has 0 aliphatic carbocycles. The van der Waals surface area contributed by atoms with Gasteiger partial charge in [0.05, 0.1) is 0 Å². The summed E-state index contributed by atoms with van der Waals surface area (Å²) in [6.07, 6.45) is 3.04. The Balaban J connectivity index is 1.99. The molecule has 0 saturated heterocycles. The number of nitrogens with one attached hydrogen (secondary N) is 1. The van der Waals surface area contributed by atoms with E-state index in [1.165, 1.54) is 0 Å². The van der Waals surface area contributed by atoms with Crippen LogP contribution in [-0.2, 0) is 4.79 Å². The van der Waals surface area contributed by atoms with Gasteiger partial charge in [-0.3, -0.25) is 0 Å². The van der Waals surface area contributed by atoms with Gasteiger partial charge in [0.15, 0.2) is 0 Å². The first-order valence-electron chi connectivity index (χ1n) is 6.99. The molecule has 1 aliphatic rings. The first-order chi connectivity index (χ1) is 10.2. The highest BCUT2D eigenvalue weighted by atomic mass is 16.1. The second kappa shape index (κ2) is 5.44. The van der Waals surface area contributed by atoms with Gasteiger partial charge in [-0.25, -0.2) is 0 Å². The Morgan fingerprint density at radius 1 is 1.05 bits per heavy atom. The molecular weight excluding hydrogens is 260 g/mol. The molecule has 3 rings (SSSR count). The van der Waals surface area contributed by atoms with Crippen molar-refractivity contribution in [3.05, 3.63) is 59.7 Å². The van der Waals surface area contributed by atoms with Crippen LogP contribution in [0.3, 0.4) is 0 Å². The van der Waals surface area contributed by atoms with E-state index in [9.17, 15) is 4.79 Å². The Bertz CT molecular complexity index is 687. The summed E-state index contributed by atoms with van der Waals surface area (Å²) >= 11 is 0. The summed E-state index contributed by atoms with van der Waals surface area (Å²) in [7, 11) is 4.04. The molecule has 21 heavy (non-hydrogen) atoms. The van der Waals surface area contributed by atoms with Crippen LogP contribution >= 0.6 is 0 Å². The number of aldehydes is 1. The van der Waals surface area contributed by atoms with E-state index in [1.807, 2.05) is 38.4 Å². The Hall–Kier alpha value is -2.55. The molecule has 106 valence electrons. The van der Waals surface area contributed by atoms with Crippen molar-refractivity contribution in [1.29, 1.82) is 0 Å². The molecule has 1 N–H and O–H groups in total. The third-order valence-electron chi connectivity index (χ3n) is 3.75. The van der Waals surface area contributed by atoms with Crippen LogP contribution in [0.2, 0.25) is 0 Å². The monoisotopic (exact) mass is 278 g/mol. The van der Waals surface area contributed by atoms with Gasteiger partial charge >= 0.3 is 0 Å². The minimum atomic E-state index is -0.268. The molecule has 0 spiro atoms. The van der Waals surface area contributed by atoms with Crippen LogP contribution in [0.1, 0.15) is 11.1 Å². The molecule has 1 unspecified atom stereocenters. The molecule has 0 fully saturated rings. The van der Waals surface area contributed by atoms with Gasteiger partial charge in [0.25, 0.3) is 0 Å². The van der Waals surface area contributed by atoms with E-state index >= 15 is 0 Å². The Kier molecular flexibility index (Phi) is 3.48. The summed E-state index contributed by atoms with van der Waals surface area (Å²) < 4.78 is 0. The minimum absolute atomic E-state index is 0.268. The van der Waals surface area contributed by atoms with Gasteiger partial charge in [-0.05, 0) is 35.4 Å². The normalized spacial score (nSPS) is 18.2. The van der Waals surface area contributed by atoms with E-state index in [2.05, 4.69) is 40.6 Å². The fraction of sp³-hybridized carbons (Fsp3) is 0.167. The summed E-state index contributed by atoms with van der Waals surface area (Å²) in [4.78, 5) is 13.4. The number of benzene rings is 2.